The van der Waals surface area contributed by atoms with Gasteiger partial charge in [0.05, 0.1) is 6.61 Å². The number of hydrogen-bond acceptors (Lipinski definition) is 3. The summed E-state index contributed by atoms with van der Waals surface area (Å²) in [6.45, 7) is 6.19. The third-order valence-corrected chi connectivity index (χ3v) is 2.93. The van der Waals surface area contributed by atoms with E-state index in [-0.39, 0.29) is 5.97 Å². The Bertz CT molecular complexity index is 289. The van der Waals surface area contributed by atoms with Crippen molar-refractivity contribution in [1.29, 1.82) is 0 Å². The molecule has 1 heterocycles. The average molecular weight is 184 g/mol. The maximum absolute atomic E-state index is 11.3. The largest absolute Gasteiger partial charge is 0.462 e. The number of rotatable bonds is 2. The zero-order valence-electron chi connectivity index (χ0n) is 7.51. The first-order chi connectivity index (χ1) is 5.66. The van der Waals surface area contributed by atoms with Crippen LogP contribution in [0.5, 0.6) is 0 Å². The van der Waals surface area contributed by atoms with E-state index in [0.29, 0.717) is 6.61 Å². The summed E-state index contributed by atoms with van der Waals surface area (Å²) in [5, 5.41) is 1.97. The third-order valence-electron chi connectivity index (χ3n) is 1.75. The van der Waals surface area contributed by atoms with Gasteiger partial charge >= 0.3 is 5.97 Å². The zero-order valence-corrected chi connectivity index (χ0v) is 8.33. The number of esters is 1. The minimum Gasteiger partial charge on any atom is -0.462 e. The summed E-state index contributed by atoms with van der Waals surface area (Å²) < 4.78 is 4.89. The van der Waals surface area contributed by atoms with Crippen LogP contribution in [0.25, 0.3) is 0 Å². The normalized spacial score (nSPS) is 9.92. The lowest BCUT2D eigenvalue weighted by atomic mass is 10.2. The molecule has 0 fully saturated rings. The highest BCUT2D eigenvalue weighted by atomic mass is 32.1. The van der Waals surface area contributed by atoms with Gasteiger partial charge in [0.15, 0.2) is 0 Å². The molecule has 66 valence electrons. The molecule has 0 N–H and O–H groups in total. The number of aryl methyl sites for hydroxylation is 1. The minimum absolute atomic E-state index is 0.201. The zero-order chi connectivity index (χ0) is 9.14. The van der Waals surface area contributed by atoms with Crippen molar-refractivity contribution in [2.75, 3.05) is 6.61 Å². The van der Waals surface area contributed by atoms with Crippen molar-refractivity contribution < 1.29 is 9.53 Å². The first-order valence-corrected chi connectivity index (χ1v) is 4.76. The molecule has 0 aliphatic rings. The second-order valence-corrected chi connectivity index (χ2v) is 3.47. The van der Waals surface area contributed by atoms with E-state index < -0.39 is 0 Å². The fraction of sp³-hybridized carbons (Fsp3) is 0.444. The highest BCUT2D eigenvalue weighted by Gasteiger charge is 2.12. The van der Waals surface area contributed by atoms with E-state index in [9.17, 15) is 4.79 Å². The van der Waals surface area contributed by atoms with Crippen molar-refractivity contribution in [3.05, 3.63) is 21.4 Å². The molecule has 2 nitrogen and oxygen atoms in total. The Morgan fingerprint density at radius 1 is 1.58 bits per heavy atom. The second kappa shape index (κ2) is 3.72. The van der Waals surface area contributed by atoms with E-state index in [0.717, 1.165) is 16.0 Å². The standard InChI is InChI=1S/C9H12O2S/c1-4-11-9(10)8-7(3)6(2)5-12-8/h5H,4H2,1-3H3. The number of carbonyl (C=O) groups is 1. The Kier molecular flexibility index (Phi) is 2.87. The first kappa shape index (κ1) is 9.26. The average Bonchev–Trinajstić information content (AvgIpc) is 2.34. The van der Waals surface area contributed by atoms with Gasteiger partial charge in [-0.25, -0.2) is 4.79 Å². The van der Waals surface area contributed by atoms with Crippen LogP contribution in [-0.4, -0.2) is 12.6 Å². The Morgan fingerprint density at radius 3 is 2.67 bits per heavy atom. The van der Waals surface area contributed by atoms with Crippen LogP contribution in [0.3, 0.4) is 0 Å². The quantitative estimate of drug-likeness (QED) is 0.660. The van der Waals surface area contributed by atoms with Gasteiger partial charge in [-0.2, -0.15) is 0 Å². The van der Waals surface area contributed by atoms with Crippen molar-refractivity contribution in [2.24, 2.45) is 0 Å². The molecular formula is C9H12O2S. The van der Waals surface area contributed by atoms with Gasteiger partial charge in [0.1, 0.15) is 4.88 Å². The third kappa shape index (κ3) is 1.67. The molecule has 0 saturated heterocycles. The summed E-state index contributed by atoms with van der Waals surface area (Å²) >= 11 is 1.45. The lowest BCUT2D eigenvalue weighted by Crippen LogP contribution is -2.03. The highest BCUT2D eigenvalue weighted by Crippen LogP contribution is 2.21. The Morgan fingerprint density at radius 2 is 2.25 bits per heavy atom. The van der Waals surface area contributed by atoms with Gasteiger partial charge in [-0.15, -0.1) is 11.3 Å². The Hall–Kier alpha value is -0.830. The van der Waals surface area contributed by atoms with Crippen molar-refractivity contribution in [3.63, 3.8) is 0 Å². The van der Waals surface area contributed by atoms with E-state index in [1.54, 1.807) is 0 Å². The molecule has 0 aromatic carbocycles. The summed E-state index contributed by atoms with van der Waals surface area (Å²) in [6.07, 6.45) is 0. The predicted octanol–water partition coefficient (Wildman–Crippen LogP) is 2.54. The van der Waals surface area contributed by atoms with E-state index in [2.05, 4.69) is 0 Å². The molecule has 0 aliphatic carbocycles. The molecule has 1 aromatic heterocycles. The molecule has 0 unspecified atom stereocenters. The van der Waals surface area contributed by atoms with Gasteiger partial charge < -0.3 is 4.74 Å². The fourth-order valence-corrected chi connectivity index (χ4v) is 1.87. The van der Waals surface area contributed by atoms with Gasteiger partial charge in [-0.05, 0) is 37.3 Å². The molecule has 0 atom stereocenters. The first-order valence-electron chi connectivity index (χ1n) is 3.88. The Labute approximate surface area is 76.2 Å². The van der Waals surface area contributed by atoms with Crippen LogP contribution in [0, 0.1) is 13.8 Å². The topological polar surface area (TPSA) is 26.3 Å². The van der Waals surface area contributed by atoms with Crippen LogP contribution in [0.15, 0.2) is 5.38 Å². The lowest BCUT2D eigenvalue weighted by Gasteiger charge is -1.99. The molecule has 3 heteroatoms. The molecule has 1 rings (SSSR count). The fourth-order valence-electron chi connectivity index (χ4n) is 0.901. The van der Waals surface area contributed by atoms with Gasteiger partial charge in [-0.1, -0.05) is 0 Å². The number of ether oxygens (including phenoxy) is 1. The number of thiophene rings is 1. The summed E-state index contributed by atoms with van der Waals surface area (Å²) in [6, 6.07) is 0. The molecule has 0 spiro atoms. The maximum Gasteiger partial charge on any atom is 0.348 e. The summed E-state index contributed by atoms with van der Waals surface area (Å²) in [5.41, 5.74) is 2.20. The molecule has 0 amide bonds. The summed E-state index contributed by atoms with van der Waals surface area (Å²) in [5.74, 6) is -0.201. The Balaban J connectivity index is 2.88. The van der Waals surface area contributed by atoms with E-state index in [4.69, 9.17) is 4.74 Å². The van der Waals surface area contributed by atoms with E-state index in [1.807, 2.05) is 26.2 Å². The second-order valence-electron chi connectivity index (χ2n) is 2.59. The molecule has 1 aromatic rings. The minimum atomic E-state index is -0.201. The smallest absolute Gasteiger partial charge is 0.348 e. The maximum atomic E-state index is 11.3. The molecule has 12 heavy (non-hydrogen) atoms. The van der Waals surface area contributed by atoms with Crippen LogP contribution < -0.4 is 0 Å². The van der Waals surface area contributed by atoms with Crippen LogP contribution in [-0.2, 0) is 4.74 Å². The number of carbonyl (C=O) groups excluding carboxylic acids is 1. The molecule has 0 radical (unpaired) electrons. The molecule has 0 aliphatic heterocycles. The lowest BCUT2D eigenvalue weighted by molar-refractivity contribution is 0.0531. The van der Waals surface area contributed by atoms with Crippen molar-refractivity contribution in [2.45, 2.75) is 20.8 Å². The van der Waals surface area contributed by atoms with Gasteiger partial charge in [0, 0.05) is 0 Å². The van der Waals surface area contributed by atoms with Crippen LogP contribution >= 0.6 is 11.3 Å². The van der Waals surface area contributed by atoms with E-state index in [1.165, 1.54) is 11.3 Å². The van der Waals surface area contributed by atoms with Crippen molar-refractivity contribution >= 4 is 17.3 Å². The van der Waals surface area contributed by atoms with Gasteiger partial charge in [0.2, 0.25) is 0 Å². The highest BCUT2D eigenvalue weighted by molar-refractivity contribution is 7.12. The molecule has 0 bridgehead atoms. The van der Waals surface area contributed by atoms with Crippen LogP contribution in [0.2, 0.25) is 0 Å². The van der Waals surface area contributed by atoms with Crippen LogP contribution in [0.4, 0.5) is 0 Å². The predicted molar refractivity (Wildman–Crippen MR) is 49.7 cm³/mol. The number of hydrogen-bond donors (Lipinski definition) is 0. The molecular weight excluding hydrogens is 172 g/mol. The SMILES string of the molecule is CCOC(=O)c1scc(C)c1C. The van der Waals surface area contributed by atoms with Crippen molar-refractivity contribution in [1.82, 2.24) is 0 Å². The van der Waals surface area contributed by atoms with Gasteiger partial charge in [-0.3, -0.25) is 0 Å². The van der Waals surface area contributed by atoms with Gasteiger partial charge in [0.25, 0.3) is 0 Å². The molecule has 0 saturated carbocycles. The van der Waals surface area contributed by atoms with Crippen LogP contribution in [0.1, 0.15) is 27.7 Å². The monoisotopic (exact) mass is 184 g/mol. The summed E-state index contributed by atoms with van der Waals surface area (Å²) in [7, 11) is 0. The summed E-state index contributed by atoms with van der Waals surface area (Å²) in [4.78, 5) is 12.0. The van der Waals surface area contributed by atoms with E-state index >= 15 is 0 Å². The van der Waals surface area contributed by atoms with Crippen molar-refractivity contribution in [3.8, 4) is 0 Å².